The van der Waals surface area contributed by atoms with Gasteiger partial charge in [0, 0.05) is 6.07 Å². The van der Waals surface area contributed by atoms with Crippen LogP contribution in [0, 0.1) is 12.3 Å². The molecule has 0 amide bonds. The Kier molecular flexibility index (Phi) is 3.53. The molecule has 0 atom stereocenters. The number of terminal acetylenes is 1. The predicted octanol–water partition coefficient (Wildman–Crippen LogP) is 2.94. The van der Waals surface area contributed by atoms with Crippen molar-refractivity contribution in [2.75, 3.05) is 0 Å². The van der Waals surface area contributed by atoms with Crippen molar-refractivity contribution in [2.45, 2.75) is 25.6 Å². The number of rotatable bonds is 2. The Bertz CT molecular complexity index is 466. The fraction of sp³-hybridized carbons (Fsp3) is 0.400. The molecule has 17 heavy (non-hydrogen) atoms. The number of alkyl halides is 3. The lowest BCUT2D eigenvalue weighted by molar-refractivity contribution is -0.145. The highest BCUT2D eigenvalue weighted by Crippen LogP contribution is 2.29. The van der Waals surface area contributed by atoms with Gasteiger partial charge in [-0.1, -0.05) is 17.5 Å². The lowest BCUT2D eigenvalue weighted by atomic mass is 10.1. The minimum absolute atomic E-state index is 0.319. The molecule has 0 bridgehead atoms. The average Bonchev–Trinajstić information content (AvgIpc) is 2.14. The van der Waals surface area contributed by atoms with Gasteiger partial charge in [0.2, 0.25) is 11.7 Å². The zero-order chi connectivity index (χ0) is 13.3. The molecule has 0 aliphatic rings. The lowest BCUT2D eigenvalue weighted by Gasteiger charge is -2.19. The van der Waals surface area contributed by atoms with Crippen molar-refractivity contribution in [2.24, 2.45) is 0 Å². The third kappa shape index (κ3) is 3.79. The first-order chi connectivity index (χ1) is 7.64. The van der Waals surface area contributed by atoms with Crippen LogP contribution in [0.5, 0.6) is 5.88 Å². The molecule has 0 aromatic carbocycles. The van der Waals surface area contributed by atoms with E-state index >= 15 is 0 Å². The average molecular weight is 265 g/mol. The molecule has 7 heteroatoms. The van der Waals surface area contributed by atoms with Gasteiger partial charge in [0.05, 0.1) is 0 Å². The molecule has 0 unspecified atom stereocenters. The first-order valence-corrected chi connectivity index (χ1v) is 4.80. The van der Waals surface area contributed by atoms with Gasteiger partial charge in [-0.3, -0.25) is 0 Å². The summed E-state index contributed by atoms with van der Waals surface area (Å²) in [6, 6.07) is 1.07. The summed E-state index contributed by atoms with van der Waals surface area (Å²) in [7, 11) is 0. The van der Waals surface area contributed by atoms with Crippen LogP contribution in [0.2, 0.25) is 5.15 Å². The fourth-order valence-electron chi connectivity index (χ4n) is 0.867. The summed E-state index contributed by atoms with van der Waals surface area (Å²) in [5.74, 6) is 0.574. The quantitative estimate of drug-likeness (QED) is 0.608. The van der Waals surface area contributed by atoms with E-state index in [0.717, 1.165) is 6.07 Å². The van der Waals surface area contributed by atoms with Crippen LogP contribution < -0.4 is 4.74 Å². The van der Waals surface area contributed by atoms with Crippen molar-refractivity contribution in [3.05, 3.63) is 17.0 Å². The van der Waals surface area contributed by atoms with Gasteiger partial charge in [0.15, 0.2) is 5.60 Å². The summed E-state index contributed by atoms with van der Waals surface area (Å²) in [5, 5.41) is -0.366. The van der Waals surface area contributed by atoms with Gasteiger partial charge in [0.25, 0.3) is 0 Å². The van der Waals surface area contributed by atoms with Crippen molar-refractivity contribution in [3.63, 3.8) is 0 Å². The summed E-state index contributed by atoms with van der Waals surface area (Å²) in [6.07, 6.45) is 0.451. The number of halogens is 4. The Morgan fingerprint density at radius 2 is 1.94 bits per heavy atom. The normalized spacial score (nSPS) is 12.1. The molecule has 0 spiro atoms. The van der Waals surface area contributed by atoms with Gasteiger partial charge in [-0.15, -0.1) is 6.42 Å². The second-order valence-electron chi connectivity index (χ2n) is 3.61. The van der Waals surface area contributed by atoms with Crippen LogP contribution >= 0.6 is 11.6 Å². The van der Waals surface area contributed by atoms with E-state index in [1.54, 1.807) is 0 Å². The van der Waals surface area contributed by atoms with Gasteiger partial charge in [-0.25, -0.2) is 4.98 Å². The smallest absolute Gasteiger partial charge is 0.451 e. The standard InChI is InChI=1S/C10H8ClF3N2O/c1-4-9(2,3)17-7-5-6(11)15-8(16-7)10(12,13)14/h1,5H,2-3H3. The second kappa shape index (κ2) is 4.41. The van der Waals surface area contributed by atoms with Crippen molar-refractivity contribution >= 4 is 11.6 Å². The number of aromatic nitrogens is 2. The van der Waals surface area contributed by atoms with Crippen LogP contribution in [0.25, 0.3) is 0 Å². The first kappa shape index (κ1) is 13.6. The molecule has 0 fully saturated rings. The molecule has 1 aromatic heterocycles. The van der Waals surface area contributed by atoms with Crippen LogP contribution in [0.3, 0.4) is 0 Å². The minimum atomic E-state index is -4.69. The number of nitrogens with zero attached hydrogens (tertiary/aromatic N) is 2. The molecule has 3 nitrogen and oxygen atoms in total. The maximum absolute atomic E-state index is 12.4. The topological polar surface area (TPSA) is 35.0 Å². The largest absolute Gasteiger partial charge is 0.458 e. The fourth-order valence-corrected chi connectivity index (χ4v) is 1.04. The van der Waals surface area contributed by atoms with E-state index in [0.29, 0.717) is 0 Å². The number of hydrogen-bond donors (Lipinski definition) is 0. The van der Waals surface area contributed by atoms with Gasteiger partial charge in [0.1, 0.15) is 5.15 Å². The lowest BCUT2D eigenvalue weighted by Crippen LogP contribution is -2.26. The van der Waals surface area contributed by atoms with Gasteiger partial charge in [-0.05, 0) is 13.8 Å². The Labute approximate surface area is 101 Å². The minimum Gasteiger partial charge on any atom is -0.458 e. The van der Waals surface area contributed by atoms with Crippen molar-refractivity contribution in [1.82, 2.24) is 9.97 Å². The Hall–Kier alpha value is -1.48. The summed E-state index contributed by atoms with van der Waals surface area (Å²) in [6.45, 7) is 3.02. The van der Waals surface area contributed by atoms with E-state index in [4.69, 9.17) is 22.8 Å². The zero-order valence-electron chi connectivity index (χ0n) is 8.97. The maximum Gasteiger partial charge on any atom is 0.451 e. The molecule has 0 radical (unpaired) electrons. The maximum atomic E-state index is 12.4. The highest BCUT2D eigenvalue weighted by molar-refractivity contribution is 6.29. The molecule has 0 saturated carbocycles. The predicted molar refractivity (Wildman–Crippen MR) is 55.6 cm³/mol. The zero-order valence-corrected chi connectivity index (χ0v) is 9.73. The van der Waals surface area contributed by atoms with E-state index in [1.165, 1.54) is 13.8 Å². The van der Waals surface area contributed by atoms with Gasteiger partial charge in [-0.2, -0.15) is 18.2 Å². The molecule has 1 rings (SSSR count). The van der Waals surface area contributed by atoms with Crippen molar-refractivity contribution in [1.29, 1.82) is 0 Å². The van der Waals surface area contributed by atoms with Crippen LogP contribution in [0.4, 0.5) is 13.2 Å². The van der Waals surface area contributed by atoms with Crippen LogP contribution in [-0.2, 0) is 6.18 Å². The molecule has 0 saturated heterocycles. The first-order valence-electron chi connectivity index (χ1n) is 4.42. The van der Waals surface area contributed by atoms with Gasteiger partial charge >= 0.3 is 6.18 Å². The Morgan fingerprint density at radius 3 is 2.41 bits per heavy atom. The van der Waals surface area contributed by atoms with Crippen molar-refractivity contribution < 1.29 is 17.9 Å². The van der Waals surface area contributed by atoms with Crippen LogP contribution in [0.15, 0.2) is 6.07 Å². The van der Waals surface area contributed by atoms with Crippen molar-refractivity contribution in [3.8, 4) is 18.2 Å². The molecule has 1 aromatic rings. The molecular formula is C10H8ClF3N2O. The summed E-state index contributed by atoms with van der Waals surface area (Å²) in [5.41, 5.74) is -1.08. The third-order valence-electron chi connectivity index (χ3n) is 1.63. The highest BCUT2D eigenvalue weighted by atomic mass is 35.5. The third-order valence-corrected chi connectivity index (χ3v) is 1.83. The van der Waals surface area contributed by atoms with E-state index in [1.807, 2.05) is 0 Å². The summed E-state index contributed by atoms with van der Waals surface area (Å²) < 4.78 is 42.2. The SMILES string of the molecule is C#CC(C)(C)Oc1cc(Cl)nc(C(F)(F)F)n1. The Morgan fingerprint density at radius 1 is 1.35 bits per heavy atom. The molecular weight excluding hydrogens is 257 g/mol. The summed E-state index contributed by atoms with van der Waals surface area (Å²) >= 11 is 5.45. The molecule has 1 heterocycles. The molecule has 0 N–H and O–H groups in total. The molecule has 0 aliphatic heterocycles. The highest BCUT2D eigenvalue weighted by Gasteiger charge is 2.36. The van der Waals surface area contributed by atoms with E-state index in [-0.39, 0.29) is 11.0 Å². The monoisotopic (exact) mass is 264 g/mol. The molecule has 92 valence electrons. The number of ether oxygens (including phenoxy) is 1. The van der Waals surface area contributed by atoms with Crippen LogP contribution in [0.1, 0.15) is 19.7 Å². The second-order valence-corrected chi connectivity index (χ2v) is 3.99. The molecule has 0 aliphatic carbocycles. The Balaban J connectivity index is 3.12. The van der Waals surface area contributed by atoms with Crippen LogP contribution in [-0.4, -0.2) is 15.6 Å². The van der Waals surface area contributed by atoms with Gasteiger partial charge < -0.3 is 4.74 Å². The van der Waals surface area contributed by atoms with E-state index in [9.17, 15) is 13.2 Å². The van der Waals surface area contributed by atoms with E-state index in [2.05, 4.69) is 15.9 Å². The summed E-state index contributed by atoms with van der Waals surface area (Å²) in [4.78, 5) is 6.26. The number of hydrogen-bond acceptors (Lipinski definition) is 3. The van der Waals surface area contributed by atoms with E-state index < -0.39 is 17.6 Å².